The van der Waals surface area contributed by atoms with Gasteiger partial charge in [-0.2, -0.15) is 5.10 Å². The summed E-state index contributed by atoms with van der Waals surface area (Å²) < 4.78 is 47.5. The van der Waals surface area contributed by atoms with E-state index in [0.29, 0.717) is 24.6 Å². The molecule has 1 heterocycles. The first-order valence-corrected chi connectivity index (χ1v) is 14.8. The minimum Gasteiger partial charge on any atom is -0.448 e. The van der Waals surface area contributed by atoms with Gasteiger partial charge in [0, 0.05) is 5.41 Å². The summed E-state index contributed by atoms with van der Waals surface area (Å²) in [6.45, 7) is 2.67. The van der Waals surface area contributed by atoms with Crippen LogP contribution >= 0.6 is 11.8 Å². The maximum absolute atomic E-state index is 13.5. The Balaban J connectivity index is 1.35. The van der Waals surface area contributed by atoms with E-state index < -0.39 is 40.9 Å². The first-order chi connectivity index (χ1) is 19.1. The normalized spacial score (nSPS) is 36.1. The topological polar surface area (TPSA) is 81.4 Å². The number of aromatic nitrogens is 2. The standard InChI is InChI=1S/C30H33F3N2O4S/c1-28-12-17-15-34-35(20-6-4-19(33)5-7-20)23(17)11-18(28)3-8-21-22-9-10-30(27(38)40-16-32,39-25(37)14-31)29(22,2)13-24(36)26(21)28/h4-7,11,15,21-22,24,26,36H,3,8-10,12-14,16H2,1-2H3/t21-,22?,24-,26?,28-,29-,30-/m0/s1. The number of ether oxygens (including phenoxy) is 1. The number of thioether (sulfide) groups is 1. The Labute approximate surface area is 235 Å². The van der Waals surface area contributed by atoms with E-state index in [0.717, 1.165) is 29.8 Å². The summed E-state index contributed by atoms with van der Waals surface area (Å²) in [5.74, 6) is -1.57. The van der Waals surface area contributed by atoms with Crippen LogP contribution in [0, 0.1) is 34.4 Å². The molecule has 0 bridgehead atoms. The molecule has 4 aliphatic carbocycles. The van der Waals surface area contributed by atoms with E-state index in [1.807, 2.05) is 17.8 Å². The first-order valence-electron chi connectivity index (χ1n) is 13.8. The molecule has 0 spiro atoms. The third-order valence-electron chi connectivity index (χ3n) is 10.5. The lowest BCUT2D eigenvalue weighted by Gasteiger charge is -2.60. The number of carbonyl (C=O) groups excluding carboxylic acids is 2. The molecule has 1 N–H and O–H groups in total. The summed E-state index contributed by atoms with van der Waals surface area (Å²) in [7, 11) is 0. The molecular formula is C30H33F3N2O4S. The summed E-state index contributed by atoms with van der Waals surface area (Å²) in [6.07, 6.45) is 6.40. The van der Waals surface area contributed by atoms with Gasteiger partial charge in [-0.25, -0.2) is 22.6 Å². The molecule has 1 aromatic heterocycles. The number of hydrogen-bond donors (Lipinski definition) is 1. The zero-order valence-electron chi connectivity index (χ0n) is 22.5. The van der Waals surface area contributed by atoms with Gasteiger partial charge in [0.1, 0.15) is 11.8 Å². The van der Waals surface area contributed by atoms with Crippen LogP contribution in [0.5, 0.6) is 0 Å². The molecule has 0 radical (unpaired) electrons. The number of rotatable bonds is 5. The molecule has 214 valence electrons. The van der Waals surface area contributed by atoms with E-state index in [9.17, 15) is 27.9 Å². The van der Waals surface area contributed by atoms with Gasteiger partial charge >= 0.3 is 5.97 Å². The minimum atomic E-state index is -1.67. The van der Waals surface area contributed by atoms with Crippen molar-refractivity contribution >= 4 is 28.9 Å². The molecule has 3 saturated carbocycles. The highest BCUT2D eigenvalue weighted by molar-refractivity contribution is 8.13. The largest absolute Gasteiger partial charge is 0.448 e. The van der Waals surface area contributed by atoms with E-state index in [1.54, 1.807) is 12.1 Å². The second-order valence-electron chi connectivity index (χ2n) is 12.2. The Hall–Kier alpha value is -2.59. The van der Waals surface area contributed by atoms with Crippen molar-refractivity contribution in [3.63, 3.8) is 0 Å². The molecule has 4 aliphatic rings. The summed E-state index contributed by atoms with van der Waals surface area (Å²) in [5, 5.41) is 15.8. The molecule has 7 atom stereocenters. The van der Waals surface area contributed by atoms with Crippen molar-refractivity contribution in [2.45, 2.75) is 64.1 Å². The van der Waals surface area contributed by atoms with E-state index >= 15 is 0 Å². The van der Waals surface area contributed by atoms with Crippen molar-refractivity contribution in [3.05, 3.63) is 53.1 Å². The monoisotopic (exact) mass is 574 g/mol. The van der Waals surface area contributed by atoms with Gasteiger partial charge in [-0.1, -0.05) is 19.4 Å². The molecule has 0 amide bonds. The number of aliphatic hydroxyl groups is 1. The van der Waals surface area contributed by atoms with Crippen LogP contribution in [-0.4, -0.2) is 50.4 Å². The number of allylic oxidation sites excluding steroid dienone is 1. The average molecular weight is 575 g/mol. The summed E-state index contributed by atoms with van der Waals surface area (Å²) in [6, 6.07) is 5.24. The fourth-order valence-electron chi connectivity index (χ4n) is 8.89. The molecule has 10 heteroatoms. The van der Waals surface area contributed by atoms with Gasteiger partial charge < -0.3 is 9.84 Å². The van der Waals surface area contributed by atoms with Gasteiger partial charge in [0.2, 0.25) is 5.12 Å². The molecule has 0 saturated heterocycles. The summed E-state index contributed by atoms with van der Waals surface area (Å²) in [4.78, 5) is 25.5. The Bertz CT molecular complexity index is 1380. The van der Waals surface area contributed by atoms with Gasteiger partial charge in [0.05, 0.1) is 23.7 Å². The van der Waals surface area contributed by atoms with Gasteiger partial charge in [-0.15, -0.1) is 0 Å². The Morgan fingerprint density at radius 3 is 2.65 bits per heavy atom. The molecule has 6 rings (SSSR count). The van der Waals surface area contributed by atoms with Crippen LogP contribution in [0.2, 0.25) is 0 Å². The minimum absolute atomic E-state index is 0.0405. The van der Waals surface area contributed by atoms with Crippen LogP contribution in [0.1, 0.15) is 57.2 Å². The maximum atomic E-state index is 13.5. The molecule has 1 aromatic carbocycles. The van der Waals surface area contributed by atoms with E-state index in [4.69, 9.17) is 4.74 Å². The lowest BCUT2D eigenvalue weighted by Crippen LogP contribution is -2.62. The summed E-state index contributed by atoms with van der Waals surface area (Å²) >= 11 is 0.450. The number of alkyl halides is 2. The highest BCUT2D eigenvalue weighted by Gasteiger charge is 2.70. The number of nitrogens with zero attached hydrogens (tertiary/aromatic N) is 2. The van der Waals surface area contributed by atoms with Gasteiger partial charge in [0.25, 0.3) is 0 Å². The Kier molecular flexibility index (Phi) is 6.72. The van der Waals surface area contributed by atoms with E-state index in [1.165, 1.54) is 17.7 Å². The number of benzene rings is 1. The van der Waals surface area contributed by atoms with Crippen LogP contribution < -0.4 is 0 Å². The molecule has 3 fully saturated rings. The second-order valence-corrected chi connectivity index (χ2v) is 13.1. The lowest BCUT2D eigenvalue weighted by atomic mass is 9.45. The lowest BCUT2D eigenvalue weighted by molar-refractivity contribution is -0.197. The van der Waals surface area contributed by atoms with Gasteiger partial charge in [-0.05, 0) is 109 Å². The number of esters is 1. The predicted molar refractivity (Wildman–Crippen MR) is 144 cm³/mol. The Morgan fingerprint density at radius 1 is 1.20 bits per heavy atom. The number of carbonyl (C=O) groups is 2. The number of hydrogen-bond acceptors (Lipinski definition) is 6. The van der Waals surface area contributed by atoms with Crippen LogP contribution in [0.4, 0.5) is 13.2 Å². The fraction of sp³-hybridized carbons (Fsp3) is 0.567. The SMILES string of the molecule is C[C@]12Cc3cnn(-c4ccc(F)cc4)c3C=C1CC[C@@H]1C2[C@@H](O)C[C@@]2(C)C1CC[C@]2(OC(=O)CF)C(=O)SCF. The fourth-order valence-corrected chi connectivity index (χ4v) is 9.60. The summed E-state index contributed by atoms with van der Waals surface area (Å²) in [5.41, 5.74) is 1.03. The molecule has 6 nitrogen and oxygen atoms in total. The van der Waals surface area contributed by atoms with Crippen molar-refractivity contribution in [1.29, 1.82) is 0 Å². The molecule has 2 unspecified atom stereocenters. The third kappa shape index (κ3) is 3.85. The zero-order valence-corrected chi connectivity index (χ0v) is 23.4. The number of aliphatic hydroxyl groups excluding tert-OH is 1. The molecule has 2 aromatic rings. The Morgan fingerprint density at radius 2 is 1.95 bits per heavy atom. The van der Waals surface area contributed by atoms with Crippen molar-refractivity contribution in [2.24, 2.45) is 28.6 Å². The first kappa shape index (κ1) is 27.6. The molecule has 40 heavy (non-hydrogen) atoms. The maximum Gasteiger partial charge on any atom is 0.338 e. The van der Waals surface area contributed by atoms with Crippen molar-refractivity contribution in [3.8, 4) is 5.69 Å². The number of fused-ring (bicyclic) bond motifs is 6. The van der Waals surface area contributed by atoms with Crippen molar-refractivity contribution < 1.29 is 32.6 Å². The predicted octanol–water partition coefficient (Wildman–Crippen LogP) is 5.60. The van der Waals surface area contributed by atoms with E-state index in [-0.39, 0.29) is 41.8 Å². The smallest absolute Gasteiger partial charge is 0.338 e. The zero-order chi connectivity index (χ0) is 28.4. The van der Waals surface area contributed by atoms with Crippen LogP contribution in [0.15, 0.2) is 36.0 Å². The molecule has 0 aliphatic heterocycles. The molecular weight excluding hydrogens is 541 g/mol. The van der Waals surface area contributed by atoms with Gasteiger partial charge in [-0.3, -0.25) is 4.79 Å². The van der Waals surface area contributed by atoms with Crippen LogP contribution in [0.3, 0.4) is 0 Å². The van der Waals surface area contributed by atoms with Crippen molar-refractivity contribution in [2.75, 3.05) is 12.7 Å². The third-order valence-corrected chi connectivity index (χ3v) is 11.2. The highest BCUT2D eigenvalue weighted by atomic mass is 32.2. The van der Waals surface area contributed by atoms with E-state index in [2.05, 4.69) is 18.1 Å². The second kappa shape index (κ2) is 9.76. The van der Waals surface area contributed by atoms with Crippen LogP contribution in [0.25, 0.3) is 11.8 Å². The quantitative estimate of drug-likeness (QED) is 0.468. The van der Waals surface area contributed by atoms with Gasteiger partial charge in [0.15, 0.2) is 12.3 Å². The highest BCUT2D eigenvalue weighted by Crippen LogP contribution is 2.68. The number of halogens is 3. The average Bonchev–Trinajstić information content (AvgIpc) is 3.45. The van der Waals surface area contributed by atoms with Crippen LogP contribution in [-0.2, 0) is 20.7 Å². The van der Waals surface area contributed by atoms with Crippen molar-refractivity contribution in [1.82, 2.24) is 9.78 Å².